The van der Waals surface area contributed by atoms with Crippen molar-refractivity contribution in [3.8, 4) is 0 Å². The van der Waals surface area contributed by atoms with Crippen LogP contribution in [0.5, 0.6) is 0 Å². The largest absolute Gasteiger partial charge is 0.380 e. The van der Waals surface area contributed by atoms with E-state index in [4.69, 9.17) is 10.5 Å². The molecule has 3 rings (SSSR count). The van der Waals surface area contributed by atoms with Crippen LogP contribution >= 0.6 is 0 Å². The van der Waals surface area contributed by atoms with Gasteiger partial charge in [0.05, 0.1) is 18.6 Å². The summed E-state index contributed by atoms with van der Waals surface area (Å²) in [4.78, 5) is 14.7. The summed E-state index contributed by atoms with van der Waals surface area (Å²) in [6.45, 7) is 1.18. The number of methoxy groups -OCH3 is 1. The number of likely N-dealkylation sites (tertiary alicyclic amines) is 1. The second-order valence-electron chi connectivity index (χ2n) is 6.11. The lowest BCUT2D eigenvalue weighted by Crippen LogP contribution is -2.35. The Morgan fingerprint density at radius 3 is 2.87 bits per heavy atom. The molecular weight excluding hydrogens is 288 g/mol. The van der Waals surface area contributed by atoms with Gasteiger partial charge in [0.2, 0.25) is 5.91 Å². The van der Waals surface area contributed by atoms with Gasteiger partial charge in [0.15, 0.2) is 0 Å². The van der Waals surface area contributed by atoms with Gasteiger partial charge >= 0.3 is 0 Å². The van der Waals surface area contributed by atoms with Crippen LogP contribution in [0.2, 0.25) is 0 Å². The first-order chi connectivity index (χ1) is 11.2. The smallest absolute Gasteiger partial charge is 0.225 e. The van der Waals surface area contributed by atoms with Crippen molar-refractivity contribution in [2.75, 3.05) is 20.2 Å². The van der Waals surface area contributed by atoms with E-state index >= 15 is 0 Å². The zero-order valence-corrected chi connectivity index (χ0v) is 13.6. The van der Waals surface area contributed by atoms with Gasteiger partial charge in [-0.05, 0) is 29.2 Å². The summed E-state index contributed by atoms with van der Waals surface area (Å²) in [5.41, 5.74) is 6.90. The van der Waals surface area contributed by atoms with Gasteiger partial charge in [-0.25, -0.2) is 0 Å². The van der Waals surface area contributed by atoms with Gasteiger partial charge in [0.1, 0.15) is 0 Å². The van der Waals surface area contributed by atoms with Crippen LogP contribution in [0.1, 0.15) is 30.9 Å². The summed E-state index contributed by atoms with van der Waals surface area (Å²) in [6.07, 6.45) is 2.21. The van der Waals surface area contributed by atoms with Crippen LogP contribution in [0.3, 0.4) is 0 Å². The maximum Gasteiger partial charge on any atom is 0.225 e. The molecule has 23 heavy (non-hydrogen) atoms. The highest BCUT2D eigenvalue weighted by molar-refractivity contribution is 5.87. The van der Waals surface area contributed by atoms with Crippen LogP contribution in [-0.4, -0.2) is 37.1 Å². The second-order valence-corrected chi connectivity index (χ2v) is 6.11. The molecule has 1 fully saturated rings. The Balaban J connectivity index is 1.87. The molecule has 1 heterocycles. The molecule has 2 aromatic carbocycles. The van der Waals surface area contributed by atoms with Crippen LogP contribution in [-0.2, 0) is 9.53 Å². The number of ether oxygens (including phenoxy) is 1. The highest BCUT2D eigenvalue weighted by atomic mass is 16.5. The summed E-state index contributed by atoms with van der Waals surface area (Å²) in [5.74, 6) is 0.137. The average molecular weight is 312 g/mol. The highest BCUT2D eigenvalue weighted by Gasteiger charge is 2.31. The lowest BCUT2D eigenvalue weighted by atomic mass is 9.97. The fourth-order valence-corrected chi connectivity index (χ4v) is 3.50. The topological polar surface area (TPSA) is 55.6 Å². The van der Waals surface area contributed by atoms with E-state index < -0.39 is 0 Å². The highest BCUT2D eigenvalue weighted by Crippen LogP contribution is 2.36. The normalized spacial score (nSPS) is 19.2. The SMILES string of the molecule is CO[C@@H](CN)CC(=O)N1CCC[C@H]1c1cccc2ccccc12. The predicted octanol–water partition coefficient (Wildman–Crippen LogP) is 2.87. The van der Waals surface area contributed by atoms with Gasteiger partial charge in [-0.15, -0.1) is 0 Å². The molecule has 1 amide bonds. The Kier molecular flexibility index (Phi) is 4.94. The third kappa shape index (κ3) is 3.23. The fourth-order valence-electron chi connectivity index (χ4n) is 3.50. The Labute approximate surface area is 137 Å². The van der Waals surface area contributed by atoms with Crippen molar-refractivity contribution in [1.29, 1.82) is 0 Å². The van der Waals surface area contributed by atoms with E-state index in [2.05, 4.69) is 36.4 Å². The molecule has 0 aromatic heterocycles. The van der Waals surface area contributed by atoms with Crippen molar-refractivity contribution < 1.29 is 9.53 Å². The molecule has 1 aliphatic rings. The maximum atomic E-state index is 12.7. The Morgan fingerprint density at radius 1 is 1.30 bits per heavy atom. The van der Waals surface area contributed by atoms with Gasteiger partial charge in [0, 0.05) is 20.2 Å². The van der Waals surface area contributed by atoms with E-state index in [1.54, 1.807) is 7.11 Å². The Bertz CT molecular complexity index is 677. The first-order valence-electron chi connectivity index (χ1n) is 8.24. The standard InChI is InChI=1S/C19H24N2O2/c1-23-15(13-20)12-19(22)21-11-5-10-18(21)17-9-4-7-14-6-2-3-8-16(14)17/h2-4,6-9,15,18H,5,10-13,20H2,1H3/t15-,18+/m1/s1. The van der Waals surface area contributed by atoms with Crippen LogP contribution < -0.4 is 5.73 Å². The number of nitrogens with zero attached hydrogens (tertiary/aromatic N) is 1. The molecule has 1 aliphatic heterocycles. The molecule has 0 spiro atoms. The first-order valence-corrected chi connectivity index (χ1v) is 8.24. The molecule has 2 aromatic rings. The number of carbonyl (C=O) groups excluding carboxylic acids is 1. The lowest BCUT2D eigenvalue weighted by Gasteiger charge is -2.27. The van der Waals surface area contributed by atoms with Gasteiger partial charge in [-0.1, -0.05) is 42.5 Å². The fraction of sp³-hybridized carbons (Fsp3) is 0.421. The van der Waals surface area contributed by atoms with Crippen LogP contribution in [0.25, 0.3) is 10.8 Å². The monoisotopic (exact) mass is 312 g/mol. The van der Waals surface area contributed by atoms with E-state index in [0.29, 0.717) is 13.0 Å². The molecule has 0 saturated carbocycles. The van der Waals surface area contributed by atoms with E-state index in [9.17, 15) is 4.79 Å². The molecule has 1 saturated heterocycles. The molecule has 0 bridgehead atoms. The van der Waals surface area contributed by atoms with E-state index in [1.807, 2.05) is 11.0 Å². The number of hydrogen-bond acceptors (Lipinski definition) is 3. The first kappa shape index (κ1) is 16.0. The number of rotatable bonds is 5. The summed E-state index contributed by atoms with van der Waals surface area (Å²) in [7, 11) is 1.61. The van der Waals surface area contributed by atoms with Crippen LogP contribution in [0.4, 0.5) is 0 Å². The quantitative estimate of drug-likeness (QED) is 0.923. The molecule has 0 unspecified atom stereocenters. The minimum absolute atomic E-state index is 0.137. The van der Waals surface area contributed by atoms with Gasteiger partial charge < -0.3 is 15.4 Å². The zero-order chi connectivity index (χ0) is 16.2. The molecular formula is C19H24N2O2. The third-order valence-electron chi connectivity index (χ3n) is 4.75. The zero-order valence-electron chi connectivity index (χ0n) is 13.6. The molecule has 2 atom stereocenters. The average Bonchev–Trinajstić information content (AvgIpc) is 3.08. The number of hydrogen-bond donors (Lipinski definition) is 1. The lowest BCUT2D eigenvalue weighted by molar-refractivity contribution is -0.134. The maximum absolute atomic E-state index is 12.7. The summed E-state index contributed by atoms with van der Waals surface area (Å²) in [5, 5.41) is 2.46. The number of nitrogens with two attached hydrogens (primary N) is 1. The van der Waals surface area contributed by atoms with Crippen molar-refractivity contribution in [1.82, 2.24) is 4.90 Å². The van der Waals surface area contributed by atoms with Gasteiger partial charge in [-0.3, -0.25) is 4.79 Å². The van der Waals surface area contributed by atoms with E-state index in [1.165, 1.54) is 16.3 Å². The third-order valence-corrected chi connectivity index (χ3v) is 4.75. The van der Waals surface area contributed by atoms with Crippen molar-refractivity contribution in [3.05, 3.63) is 48.0 Å². The molecule has 4 heteroatoms. The van der Waals surface area contributed by atoms with E-state index in [0.717, 1.165) is 19.4 Å². The Morgan fingerprint density at radius 2 is 2.09 bits per heavy atom. The number of fused-ring (bicyclic) bond motifs is 1. The van der Waals surface area contributed by atoms with Crippen molar-refractivity contribution in [2.45, 2.75) is 31.4 Å². The minimum Gasteiger partial charge on any atom is -0.380 e. The second kappa shape index (κ2) is 7.11. The van der Waals surface area contributed by atoms with E-state index in [-0.39, 0.29) is 18.1 Å². The number of carbonyl (C=O) groups is 1. The number of benzene rings is 2. The molecule has 2 N–H and O–H groups in total. The molecule has 0 aliphatic carbocycles. The Hall–Kier alpha value is -1.91. The summed E-state index contributed by atoms with van der Waals surface area (Å²) >= 11 is 0. The van der Waals surface area contributed by atoms with Gasteiger partial charge in [0.25, 0.3) is 0 Å². The minimum atomic E-state index is -0.198. The molecule has 4 nitrogen and oxygen atoms in total. The van der Waals surface area contributed by atoms with Crippen molar-refractivity contribution in [2.24, 2.45) is 5.73 Å². The van der Waals surface area contributed by atoms with Crippen LogP contribution in [0.15, 0.2) is 42.5 Å². The molecule has 122 valence electrons. The number of amides is 1. The van der Waals surface area contributed by atoms with Crippen LogP contribution in [0, 0.1) is 0 Å². The summed E-state index contributed by atoms with van der Waals surface area (Å²) < 4.78 is 5.27. The molecule has 0 radical (unpaired) electrons. The van der Waals surface area contributed by atoms with Gasteiger partial charge in [-0.2, -0.15) is 0 Å². The summed E-state index contributed by atoms with van der Waals surface area (Å²) in [6, 6.07) is 14.9. The van der Waals surface area contributed by atoms with Crippen molar-refractivity contribution in [3.63, 3.8) is 0 Å². The van der Waals surface area contributed by atoms with Crippen molar-refractivity contribution >= 4 is 16.7 Å². The predicted molar refractivity (Wildman–Crippen MR) is 92.1 cm³/mol.